The van der Waals surface area contributed by atoms with Crippen LogP contribution < -0.4 is 5.32 Å². The molecule has 3 aliphatic rings. The second-order valence-corrected chi connectivity index (χ2v) is 7.26. The Kier molecular flexibility index (Phi) is 3.59. The summed E-state index contributed by atoms with van der Waals surface area (Å²) < 4.78 is 0. The molecule has 3 fully saturated rings. The molecule has 1 amide bonds. The van der Waals surface area contributed by atoms with Gasteiger partial charge < -0.3 is 4.90 Å². The molecule has 0 radical (unpaired) electrons. The summed E-state index contributed by atoms with van der Waals surface area (Å²) in [6.07, 6.45) is 7.71. The maximum atomic E-state index is 12.7. The van der Waals surface area contributed by atoms with Gasteiger partial charge in [0.2, 0.25) is 5.91 Å². The highest BCUT2D eigenvalue weighted by Crippen LogP contribution is 2.47. The van der Waals surface area contributed by atoms with Crippen LogP contribution in [0.2, 0.25) is 0 Å². The zero-order valence-electron chi connectivity index (χ0n) is 12.6. The summed E-state index contributed by atoms with van der Waals surface area (Å²) in [7, 11) is 0. The van der Waals surface area contributed by atoms with E-state index in [4.69, 9.17) is 0 Å². The molecule has 108 valence electrons. The fraction of sp³-hybridized carbons (Fsp3) is 0.938. The van der Waals surface area contributed by atoms with Crippen LogP contribution in [0.4, 0.5) is 0 Å². The van der Waals surface area contributed by atoms with Crippen LogP contribution in [0.25, 0.3) is 0 Å². The van der Waals surface area contributed by atoms with Gasteiger partial charge in [-0.15, -0.1) is 0 Å². The van der Waals surface area contributed by atoms with Crippen molar-refractivity contribution >= 4 is 5.91 Å². The summed E-state index contributed by atoms with van der Waals surface area (Å²) in [5.41, 5.74) is 0. The van der Waals surface area contributed by atoms with Gasteiger partial charge in [-0.1, -0.05) is 27.2 Å². The lowest BCUT2D eigenvalue weighted by Crippen LogP contribution is -2.46. The fourth-order valence-electron chi connectivity index (χ4n) is 4.62. The number of nitrogens with zero attached hydrogens (tertiary/aromatic N) is 1. The van der Waals surface area contributed by atoms with E-state index in [0.29, 0.717) is 24.0 Å². The average molecular weight is 264 g/mol. The lowest BCUT2D eigenvalue weighted by molar-refractivity contribution is -0.133. The van der Waals surface area contributed by atoms with Crippen molar-refractivity contribution in [1.82, 2.24) is 10.2 Å². The fourth-order valence-corrected chi connectivity index (χ4v) is 4.62. The lowest BCUT2D eigenvalue weighted by Gasteiger charge is -2.35. The van der Waals surface area contributed by atoms with E-state index in [0.717, 1.165) is 24.7 Å². The normalized spacial score (nSPS) is 41.8. The predicted octanol–water partition coefficient (Wildman–Crippen LogP) is 2.76. The summed E-state index contributed by atoms with van der Waals surface area (Å²) in [6.45, 7) is 6.61. The van der Waals surface area contributed by atoms with E-state index < -0.39 is 0 Å². The Bertz CT molecular complexity index is 355. The van der Waals surface area contributed by atoms with Gasteiger partial charge in [-0.25, -0.2) is 0 Å². The number of rotatable bonds is 4. The molecular formula is C16H28N2O. The lowest BCUT2D eigenvalue weighted by atomic mass is 9.93. The van der Waals surface area contributed by atoms with E-state index in [1.165, 1.54) is 25.7 Å². The van der Waals surface area contributed by atoms with E-state index >= 15 is 0 Å². The van der Waals surface area contributed by atoms with Crippen LogP contribution in [0.5, 0.6) is 0 Å². The Labute approximate surface area is 117 Å². The van der Waals surface area contributed by atoms with Gasteiger partial charge in [0.15, 0.2) is 0 Å². The topological polar surface area (TPSA) is 32.3 Å². The summed E-state index contributed by atoms with van der Waals surface area (Å²) in [5.74, 6) is 2.67. The highest BCUT2D eigenvalue weighted by Gasteiger charge is 2.49. The Hall–Kier alpha value is -0.570. The maximum Gasteiger partial charge on any atom is 0.241 e. The number of carbonyl (C=O) groups excluding carboxylic acids is 1. The molecule has 5 unspecified atom stereocenters. The molecule has 19 heavy (non-hydrogen) atoms. The van der Waals surface area contributed by atoms with Crippen molar-refractivity contribution < 1.29 is 4.79 Å². The average Bonchev–Trinajstić information content (AvgIpc) is 3.04. The van der Waals surface area contributed by atoms with Gasteiger partial charge >= 0.3 is 0 Å². The molecular weight excluding hydrogens is 236 g/mol. The molecule has 0 aromatic heterocycles. The molecule has 1 heterocycles. The first-order chi connectivity index (χ1) is 9.10. The molecule has 1 N–H and O–H groups in total. The van der Waals surface area contributed by atoms with Crippen molar-refractivity contribution in [1.29, 1.82) is 0 Å². The standard InChI is InChI=1S/C16H28N2O/c1-4-15-17-13(7-10(2)3)16(19)18(15)14-9-11-5-6-12(14)8-11/h10-15,17H,4-9H2,1-3H3. The van der Waals surface area contributed by atoms with Gasteiger partial charge in [-0.2, -0.15) is 0 Å². The number of fused-ring (bicyclic) bond motifs is 2. The minimum Gasteiger partial charge on any atom is -0.323 e. The van der Waals surface area contributed by atoms with Gasteiger partial charge in [-0.3, -0.25) is 10.1 Å². The molecule has 3 rings (SSSR count). The van der Waals surface area contributed by atoms with Gasteiger partial charge in [0.1, 0.15) is 0 Å². The van der Waals surface area contributed by atoms with Crippen LogP contribution in [0, 0.1) is 17.8 Å². The summed E-state index contributed by atoms with van der Waals surface area (Å²) in [6, 6.07) is 0.616. The molecule has 0 aromatic rings. The molecule has 0 spiro atoms. The van der Waals surface area contributed by atoms with Crippen molar-refractivity contribution in [2.45, 2.75) is 77.5 Å². The minimum atomic E-state index is 0.0732. The Balaban J connectivity index is 1.74. The largest absolute Gasteiger partial charge is 0.323 e. The number of nitrogens with one attached hydrogen (secondary N) is 1. The number of amides is 1. The molecule has 2 bridgehead atoms. The molecule has 3 nitrogen and oxygen atoms in total. The summed E-state index contributed by atoms with van der Waals surface area (Å²) >= 11 is 0. The molecule has 3 heteroatoms. The first kappa shape index (κ1) is 13.4. The van der Waals surface area contributed by atoms with Crippen LogP contribution in [0.15, 0.2) is 0 Å². The molecule has 1 aliphatic heterocycles. The maximum absolute atomic E-state index is 12.7. The smallest absolute Gasteiger partial charge is 0.241 e. The SMILES string of the molecule is CCC1NC(CC(C)C)C(=O)N1C1CC2CCC1C2. The quantitative estimate of drug-likeness (QED) is 0.847. The second-order valence-electron chi connectivity index (χ2n) is 7.26. The van der Waals surface area contributed by atoms with E-state index in [1.807, 2.05) is 0 Å². The number of hydrogen-bond donors (Lipinski definition) is 1. The van der Waals surface area contributed by atoms with Crippen LogP contribution in [-0.4, -0.2) is 29.1 Å². The third-order valence-corrected chi connectivity index (χ3v) is 5.43. The highest BCUT2D eigenvalue weighted by atomic mass is 16.2. The third-order valence-electron chi connectivity index (χ3n) is 5.43. The van der Waals surface area contributed by atoms with Crippen molar-refractivity contribution in [3.8, 4) is 0 Å². The van der Waals surface area contributed by atoms with Crippen molar-refractivity contribution in [2.24, 2.45) is 17.8 Å². The highest BCUT2D eigenvalue weighted by molar-refractivity contribution is 5.84. The van der Waals surface area contributed by atoms with E-state index in [2.05, 4.69) is 31.0 Å². The zero-order valence-corrected chi connectivity index (χ0v) is 12.6. The first-order valence-electron chi connectivity index (χ1n) is 8.18. The van der Waals surface area contributed by atoms with Gasteiger partial charge in [-0.05, 0) is 49.9 Å². The van der Waals surface area contributed by atoms with Crippen LogP contribution in [-0.2, 0) is 4.79 Å². The first-order valence-corrected chi connectivity index (χ1v) is 8.18. The number of carbonyl (C=O) groups is 1. The molecule has 1 saturated heterocycles. The zero-order chi connectivity index (χ0) is 13.6. The van der Waals surface area contributed by atoms with Gasteiger partial charge in [0.25, 0.3) is 0 Å². The molecule has 2 saturated carbocycles. The Morgan fingerprint density at radius 1 is 1.32 bits per heavy atom. The summed E-state index contributed by atoms with van der Waals surface area (Å²) in [5, 5.41) is 3.58. The molecule has 5 atom stereocenters. The van der Waals surface area contributed by atoms with E-state index in [9.17, 15) is 4.79 Å². The van der Waals surface area contributed by atoms with E-state index in [-0.39, 0.29) is 6.04 Å². The van der Waals surface area contributed by atoms with Crippen LogP contribution in [0.3, 0.4) is 0 Å². The minimum absolute atomic E-state index is 0.0732. The van der Waals surface area contributed by atoms with Gasteiger partial charge in [0.05, 0.1) is 12.2 Å². The monoisotopic (exact) mass is 264 g/mol. The molecule has 2 aliphatic carbocycles. The Morgan fingerprint density at radius 2 is 2.11 bits per heavy atom. The van der Waals surface area contributed by atoms with Crippen molar-refractivity contribution in [3.05, 3.63) is 0 Å². The van der Waals surface area contributed by atoms with Crippen LogP contribution in [0.1, 0.15) is 59.3 Å². The molecule has 0 aromatic carbocycles. The second kappa shape index (κ2) is 5.08. The number of hydrogen-bond acceptors (Lipinski definition) is 2. The predicted molar refractivity (Wildman–Crippen MR) is 76.5 cm³/mol. The van der Waals surface area contributed by atoms with Crippen molar-refractivity contribution in [2.75, 3.05) is 0 Å². The Morgan fingerprint density at radius 3 is 2.63 bits per heavy atom. The van der Waals surface area contributed by atoms with E-state index in [1.54, 1.807) is 0 Å². The third kappa shape index (κ3) is 2.31. The summed E-state index contributed by atoms with van der Waals surface area (Å²) in [4.78, 5) is 15.0. The van der Waals surface area contributed by atoms with Gasteiger partial charge in [0, 0.05) is 6.04 Å². The van der Waals surface area contributed by atoms with Crippen LogP contribution >= 0.6 is 0 Å². The van der Waals surface area contributed by atoms with Crippen molar-refractivity contribution in [3.63, 3.8) is 0 Å².